The van der Waals surface area contributed by atoms with Crippen LogP contribution in [-0.4, -0.2) is 32.7 Å². The van der Waals surface area contributed by atoms with Crippen molar-refractivity contribution >= 4 is 0 Å². The third-order valence-corrected chi connectivity index (χ3v) is 4.37. The normalized spacial score (nSPS) is 19.1. The van der Waals surface area contributed by atoms with Crippen LogP contribution < -0.4 is 11.2 Å². The number of nitrogens with one attached hydrogen (secondary N) is 1. The fourth-order valence-electron chi connectivity index (χ4n) is 3.21. The SMILES string of the molecule is Cc1cc(=O)n(CCN2CCCC[C@@H]2c2cc(C)on2)c(=O)[nH]1. The molecule has 124 valence electrons. The monoisotopic (exact) mass is 318 g/mol. The zero-order chi connectivity index (χ0) is 16.4. The Morgan fingerprint density at radius 3 is 2.78 bits per heavy atom. The Kier molecular flexibility index (Phi) is 4.47. The Labute approximate surface area is 133 Å². The maximum absolute atomic E-state index is 12.0. The predicted octanol–water partition coefficient (Wildman–Crippen LogP) is 1.37. The van der Waals surface area contributed by atoms with E-state index < -0.39 is 0 Å². The molecule has 7 nitrogen and oxygen atoms in total. The van der Waals surface area contributed by atoms with E-state index >= 15 is 0 Å². The second-order valence-corrected chi connectivity index (χ2v) is 6.16. The van der Waals surface area contributed by atoms with Gasteiger partial charge >= 0.3 is 5.69 Å². The predicted molar refractivity (Wildman–Crippen MR) is 85.5 cm³/mol. The number of rotatable bonds is 4. The summed E-state index contributed by atoms with van der Waals surface area (Å²) in [5, 5.41) is 4.14. The summed E-state index contributed by atoms with van der Waals surface area (Å²) in [5.74, 6) is 0.803. The molecule has 2 aromatic heterocycles. The van der Waals surface area contributed by atoms with Crippen molar-refractivity contribution in [2.75, 3.05) is 13.1 Å². The highest BCUT2D eigenvalue weighted by atomic mass is 16.5. The molecule has 0 bridgehead atoms. The van der Waals surface area contributed by atoms with E-state index in [1.165, 1.54) is 10.6 Å². The zero-order valence-corrected chi connectivity index (χ0v) is 13.5. The first-order valence-electron chi connectivity index (χ1n) is 8.02. The summed E-state index contributed by atoms with van der Waals surface area (Å²) >= 11 is 0. The average Bonchev–Trinajstić information content (AvgIpc) is 2.93. The Morgan fingerprint density at radius 1 is 1.26 bits per heavy atom. The van der Waals surface area contributed by atoms with Gasteiger partial charge in [-0.25, -0.2) is 4.79 Å². The van der Waals surface area contributed by atoms with Gasteiger partial charge in [-0.2, -0.15) is 0 Å². The van der Waals surface area contributed by atoms with Crippen LogP contribution >= 0.6 is 0 Å². The molecule has 0 radical (unpaired) electrons. The highest BCUT2D eigenvalue weighted by molar-refractivity contribution is 5.10. The minimum atomic E-state index is -0.346. The van der Waals surface area contributed by atoms with E-state index in [0.29, 0.717) is 18.8 Å². The van der Waals surface area contributed by atoms with E-state index in [2.05, 4.69) is 15.0 Å². The van der Waals surface area contributed by atoms with Crippen LogP contribution in [-0.2, 0) is 6.54 Å². The van der Waals surface area contributed by atoms with Crippen LogP contribution in [0.1, 0.15) is 42.5 Å². The van der Waals surface area contributed by atoms with Crippen molar-refractivity contribution in [3.8, 4) is 0 Å². The van der Waals surface area contributed by atoms with Crippen LogP contribution in [0.15, 0.2) is 26.2 Å². The number of likely N-dealkylation sites (tertiary alicyclic amines) is 1. The molecule has 0 amide bonds. The van der Waals surface area contributed by atoms with Crippen molar-refractivity contribution in [3.63, 3.8) is 0 Å². The summed E-state index contributed by atoms with van der Waals surface area (Å²) in [6, 6.07) is 3.62. The number of aryl methyl sites for hydroxylation is 2. The van der Waals surface area contributed by atoms with Gasteiger partial charge in [-0.15, -0.1) is 0 Å². The maximum atomic E-state index is 12.0. The number of aromatic amines is 1. The summed E-state index contributed by atoms with van der Waals surface area (Å²) in [4.78, 5) is 28.9. The Hall–Kier alpha value is -2.15. The molecule has 1 fully saturated rings. The first-order valence-corrected chi connectivity index (χ1v) is 8.02. The molecule has 1 aliphatic heterocycles. The quantitative estimate of drug-likeness (QED) is 0.920. The number of nitrogens with zero attached hydrogens (tertiary/aromatic N) is 3. The molecular formula is C16H22N4O3. The summed E-state index contributed by atoms with van der Waals surface area (Å²) in [5.41, 5.74) is 0.926. The second-order valence-electron chi connectivity index (χ2n) is 6.16. The molecule has 0 aliphatic carbocycles. The summed E-state index contributed by atoms with van der Waals surface area (Å²) in [7, 11) is 0. The van der Waals surface area contributed by atoms with Crippen LogP contribution in [0.3, 0.4) is 0 Å². The molecule has 0 saturated carbocycles. The number of hydrogen-bond donors (Lipinski definition) is 1. The van der Waals surface area contributed by atoms with Gasteiger partial charge in [0.1, 0.15) is 11.5 Å². The third kappa shape index (κ3) is 3.44. The fraction of sp³-hybridized carbons (Fsp3) is 0.562. The number of piperidine rings is 1. The lowest BCUT2D eigenvalue weighted by molar-refractivity contribution is 0.135. The van der Waals surface area contributed by atoms with E-state index in [1.807, 2.05) is 13.0 Å². The molecule has 3 rings (SSSR count). The maximum Gasteiger partial charge on any atom is 0.328 e. The molecule has 0 spiro atoms. The highest BCUT2D eigenvalue weighted by Crippen LogP contribution is 2.30. The van der Waals surface area contributed by atoms with Gasteiger partial charge in [0.25, 0.3) is 5.56 Å². The molecule has 1 saturated heterocycles. The van der Waals surface area contributed by atoms with E-state index in [1.54, 1.807) is 6.92 Å². The van der Waals surface area contributed by atoms with Crippen molar-refractivity contribution in [1.29, 1.82) is 0 Å². The van der Waals surface area contributed by atoms with Gasteiger partial charge in [-0.3, -0.25) is 14.3 Å². The third-order valence-electron chi connectivity index (χ3n) is 4.37. The zero-order valence-electron chi connectivity index (χ0n) is 13.5. The van der Waals surface area contributed by atoms with Crippen LogP contribution in [0.4, 0.5) is 0 Å². The molecule has 23 heavy (non-hydrogen) atoms. The molecule has 1 N–H and O–H groups in total. The molecule has 1 atom stereocenters. The molecule has 3 heterocycles. The van der Waals surface area contributed by atoms with Gasteiger partial charge < -0.3 is 9.51 Å². The highest BCUT2D eigenvalue weighted by Gasteiger charge is 2.26. The van der Waals surface area contributed by atoms with Crippen molar-refractivity contribution in [1.82, 2.24) is 19.6 Å². The van der Waals surface area contributed by atoms with Gasteiger partial charge in [0, 0.05) is 30.9 Å². The van der Waals surface area contributed by atoms with E-state index in [-0.39, 0.29) is 17.3 Å². The minimum Gasteiger partial charge on any atom is -0.361 e. The Balaban J connectivity index is 1.76. The molecule has 7 heteroatoms. The lowest BCUT2D eigenvalue weighted by atomic mass is 9.99. The van der Waals surface area contributed by atoms with E-state index in [4.69, 9.17) is 4.52 Å². The van der Waals surface area contributed by atoms with Gasteiger partial charge in [0.2, 0.25) is 0 Å². The largest absolute Gasteiger partial charge is 0.361 e. The molecule has 0 unspecified atom stereocenters. The first kappa shape index (κ1) is 15.7. The Morgan fingerprint density at radius 2 is 2.09 bits per heavy atom. The van der Waals surface area contributed by atoms with Crippen molar-refractivity contribution in [3.05, 3.63) is 50.1 Å². The number of H-pyrrole nitrogens is 1. The fourth-order valence-corrected chi connectivity index (χ4v) is 3.21. The van der Waals surface area contributed by atoms with Crippen molar-refractivity contribution in [2.45, 2.75) is 45.7 Å². The molecule has 2 aromatic rings. The average molecular weight is 318 g/mol. The Bertz CT molecular complexity index is 758. The standard InChI is InChI=1S/C16H22N4O3/c1-11-9-15(21)20(16(22)17-11)8-7-19-6-4-3-5-14(19)13-10-12(2)23-18-13/h9-10,14H,3-8H2,1-2H3,(H,17,22)/t14-/m1/s1. The summed E-state index contributed by atoms with van der Waals surface area (Å²) < 4.78 is 6.45. The lowest BCUT2D eigenvalue weighted by Crippen LogP contribution is -2.41. The van der Waals surface area contributed by atoms with Gasteiger partial charge in [-0.1, -0.05) is 11.6 Å². The first-order chi connectivity index (χ1) is 11.0. The van der Waals surface area contributed by atoms with Crippen molar-refractivity contribution in [2.24, 2.45) is 0 Å². The van der Waals surface area contributed by atoms with Crippen LogP contribution in [0.25, 0.3) is 0 Å². The lowest BCUT2D eigenvalue weighted by Gasteiger charge is -2.34. The molecule has 0 aromatic carbocycles. The van der Waals surface area contributed by atoms with Gasteiger partial charge in [0.15, 0.2) is 0 Å². The van der Waals surface area contributed by atoms with Crippen LogP contribution in [0, 0.1) is 13.8 Å². The molecule has 1 aliphatic rings. The summed E-state index contributed by atoms with van der Waals surface area (Å²) in [6.45, 7) is 5.55. The number of aromatic nitrogens is 3. The van der Waals surface area contributed by atoms with Gasteiger partial charge in [-0.05, 0) is 33.2 Å². The van der Waals surface area contributed by atoms with Crippen LogP contribution in [0.2, 0.25) is 0 Å². The second kappa shape index (κ2) is 6.54. The summed E-state index contributed by atoms with van der Waals surface area (Å²) in [6.07, 6.45) is 3.29. The van der Waals surface area contributed by atoms with E-state index in [9.17, 15) is 9.59 Å². The van der Waals surface area contributed by atoms with E-state index in [0.717, 1.165) is 37.3 Å². The van der Waals surface area contributed by atoms with Crippen LogP contribution in [0.5, 0.6) is 0 Å². The smallest absolute Gasteiger partial charge is 0.328 e. The minimum absolute atomic E-state index is 0.196. The van der Waals surface area contributed by atoms with Crippen molar-refractivity contribution < 1.29 is 4.52 Å². The molecular weight excluding hydrogens is 296 g/mol. The van der Waals surface area contributed by atoms with Gasteiger partial charge in [0.05, 0.1) is 6.04 Å². The topological polar surface area (TPSA) is 84.1 Å². The number of hydrogen-bond acceptors (Lipinski definition) is 5.